The molecule has 1 atom stereocenters. The van der Waals surface area contributed by atoms with Gasteiger partial charge >= 0.3 is 0 Å². The summed E-state index contributed by atoms with van der Waals surface area (Å²) in [4.78, 5) is 0. The molecule has 0 aliphatic rings. The molecule has 2 aromatic carbocycles. The van der Waals surface area contributed by atoms with Crippen LogP contribution in [0.4, 0.5) is 0 Å². The molecule has 0 spiro atoms. The molecule has 0 amide bonds. The second kappa shape index (κ2) is 6.42. The number of aryl methyl sites for hydroxylation is 2. The highest BCUT2D eigenvalue weighted by atomic mass is 79.9. The fraction of sp³-hybridized carbons (Fsp3) is 0.294. The summed E-state index contributed by atoms with van der Waals surface area (Å²) in [7, 11) is 0. The van der Waals surface area contributed by atoms with Crippen molar-refractivity contribution in [2.45, 2.75) is 33.2 Å². The van der Waals surface area contributed by atoms with E-state index in [1.54, 1.807) is 0 Å². The third-order valence-electron chi connectivity index (χ3n) is 3.13. The second-order valence-corrected chi connectivity index (χ2v) is 6.09. The molecule has 3 heteroatoms. The zero-order valence-electron chi connectivity index (χ0n) is 12.1. The van der Waals surface area contributed by atoms with Crippen LogP contribution in [0.2, 0.25) is 0 Å². The molecular formula is C17H20BrNO. The molecule has 0 aliphatic heterocycles. The van der Waals surface area contributed by atoms with E-state index < -0.39 is 0 Å². The molecule has 2 rings (SSSR count). The fourth-order valence-corrected chi connectivity index (χ4v) is 2.40. The Kier molecular flexibility index (Phi) is 4.84. The predicted octanol–water partition coefficient (Wildman–Crippen LogP) is 4.75. The van der Waals surface area contributed by atoms with E-state index in [1.807, 2.05) is 31.2 Å². The number of benzene rings is 2. The number of ether oxygens (including phenoxy) is 1. The number of rotatable bonds is 4. The third kappa shape index (κ3) is 3.84. The van der Waals surface area contributed by atoms with Crippen molar-refractivity contribution in [2.24, 2.45) is 5.73 Å². The van der Waals surface area contributed by atoms with Gasteiger partial charge < -0.3 is 10.5 Å². The lowest BCUT2D eigenvalue weighted by molar-refractivity contribution is 0.481. The Morgan fingerprint density at radius 3 is 2.10 bits per heavy atom. The summed E-state index contributed by atoms with van der Waals surface area (Å²) in [5.41, 5.74) is 9.38. The lowest BCUT2D eigenvalue weighted by Crippen LogP contribution is -2.17. The fourth-order valence-electron chi connectivity index (χ4n) is 2.17. The Morgan fingerprint density at radius 1 is 1.05 bits per heavy atom. The lowest BCUT2D eigenvalue weighted by atomic mass is 10.1. The van der Waals surface area contributed by atoms with Crippen LogP contribution in [0.5, 0.6) is 11.5 Å². The first-order valence-corrected chi connectivity index (χ1v) is 7.54. The van der Waals surface area contributed by atoms with Crippen LogP contribution < -0.4 is 10.5 Å². The maximum absolute atomic E-state index is 5.90. The van der Waals surface area contributed by atoms with Crippen LogP contribution in [0.1, 0.15) is 23.6 Å². The SMILES string of the molecule is Cc1cc(Oc2ccc(CC(C)N)cc2)cc(C)c1Br. The van der Waals surface area contributed by atoms with E-state index in [0.717, 1.165) is 22.4 Å². The highest BCUT2D eigenvalue weighted by Crippen LogP contribution is 2.29. The first-order valence-electron chi connectivity index (χ1n) is 6.75. The van der Waals surface area contributed by atoms with Gasteiger partial charge in [-0.25, -0.2) is 0 Å². The quantitative estimate of drug-likeness (QED) is 0.876. The molecule has 2 N–H and O–H groups in total. The van der Waals surface area contributed by atoms with Crippen molar-refractivity contribution in [1.29, 1.82) is 0 Å². The molecule has 0 saturated carbocycles. The van der Waals surface area contributed by atoms with Gasteiger partial charge in [0, 0.05) is 10.5 Å². The van der Waals surface area contributed by atoms with E-state index in [1.165, 1.54) is 16.7 Å². The summed E-state index contributed by atoms with van der Waals surface area (Å²) in [5, 5.41) is 0. The molecule has 2 aromatic rings. The molecule has 20 heavy (non-hydrogen) atoms. The smallest absolute Gasteiger partial charge is 0.128 e. The van der Waals surface area contributed by atoms with Crippen molar-refractivity contribution in [3.8, 4) is 11.5 Å². The molecule has 0 radical (unpaired) electrons. The van der Waals surface area contributed by atoms with Gasteiger partial charge in [-0.15, -0.1) is 0 Å². The Hall–Kier alpha value is -1.32. The van der Waals surface area contributed by atoms with E-state index in [9.17, 15) is 0 Å². The number of halogens is 1. The molecular weight excluding hydrogens is 314 g/mol. The van der Waals surface area contributed by atoms with Gasteiger partial charge in [0.2, 0.25) is 0 Å². The average molecular weight is 334 g/mol. The van der Waals surface area contributed by atoms with Crippen LogP contribution in [-0.2, 0) is 6.42 Å². The maximum Gasteiger partial charge on any atom is 0.128 e. The Morgan fingerprint density at radius 2 is 1.60 bits per heavy atom. The number of nitrogens with two attached hydrogens (primary N) is 1. The molecule has 2 nitrogen and oxygen atoms in total. The minimum atomic E-state index is 0.179. The summed E-state index contributed by atoms with van der Waals surface area (Å²) in [5.74, 6) is 1.71. The van der Waals surface area contributed by atoms with Crippen LogP contribution in [0.25, 0.3) is 0 Å². The molecule has 0 saturated heterocycles. The normalized spacial score (nSPS) is 12.2. The van der Waals surface area contributed by atoms with Crippen molar-refractivity contribution in [3.05, 3.63) is 57.6 Å². The van der Waals surface area contributed by atoms with Gasteiger partial charge in [-0.2, -0.15) is 0 Å². The summed E-state index contributed by atoms with van der Waals surface area (Å²) in [6, 6.07) is 12.4. The maximum atomic E-state index is 5.90. The summed E-state index contributed by atoms with van der Waals surface area (Å²) in [6.07, 6.45) is 0.886. The Balaban J connectivity index is 2.14. The van der Waals surface area contributed by atoms with E-state index in [4.69, 9.17) is 10.5 Å². The van der Waals surface area contributed by atoms with Crippen molar-refractivity contribution < 1.29 is 4.74 Å². The molecule has 0 heterocycles. The molecule has 106 valence electrons. The van der Waals surface area contributed by atoms with Gasteiger partial charge in [0.1, 0.15) is 11.5 Å². The molecule has 0 aromatic heterocycles. The van der Waals surface area contributed by atoms with E-state index >= 15 is 0 Å². The van der Waals surface area contributed by atoms with E-state index in [2.05, 4.69) is 41.9 Å². The molecule has 0 bridgehead atoms. The summed E-state index contributed by atoms with van der Waals surface area (Å²) >= 11 is 3.56. The highest BCUT2D eigenvalue weighted by Gasteiger charge is 2.05. The molecule has 1 unspecified atom stereocenters. The van der Waals surface area contributed by atoms with Crippen molar-refractivity contribution in [3.63, 3.8) is 0 Å². The zero-order chi connectivity index (χ0) is 14.7. The van der Waals surface area contributed by atoms with Gasteiger partial charge in [-0.1, -0.05) is 28.1 Å². The van der Waals surface area contributed by atoms with Crippen LogP contribution in [0.15, 0.2) is 40.9 Å². The van der Waals surface area contributed by atoms with Crippen molar-refractivity contribution in [2.75, 3.05) is 0 Å². The number of hydrogen-bond donors (Lipinski definition) is 1. The van der Waals surface area contributed by atoms with Crippen molar-refractivity contribution in [1.82, 2.24) is 0 Å². The van der Waals surface area contributed by atoms with Crippen LogP contribution >= 0.6 is 15.9 Å². The first kappa shape index (κ1) is 15.1. The summed E-state index contributed by atoms with van der Waals surface area (Å²) < 4.78 is 7.04. The van der Waals surface area contributed by atoms with Crippen LogP contribution in [0.3, 0.4) is 0 Å². The summed E-state index contributed by atoms with van der Waals surface area (Å²) in [6.45, 7) is 6.14. The topological polar surface area (TPSA) is 35.2 Å². The van der Waals surface area contributed by atoms with Gasteiger partial charge in [-0.05, 0) is 68.1 Å². The third-order valence-corrected chi connectivity index (χ3v) is 4.38. The predicted molar refractivity (Wildman–Crippen MR) is 87.5 cm³/mol. The zero-order valence-corrected chi connectivity index (χ0v) is 13.7. The number of hydrogen-bond acceptors (Lipinski definition) is 2. The lowest BCUT2D eigenvalue weighted by Gasteiger charge is -2.11. The average Bonchev–Trinajstić information content (AvgIpc) is 2.37. The largest absolute Gasteiger partial charge is 0.457 e. The Labute approximate surface area is 129 Å². The molecule has 0 fully saturated rings. The molecule has 0 aliphatic carbocycles. The van der Waals surface area contributed by atoms with E-state index in [-0.39, 0.29) is 6.04 Å². The second-order valence-electron chi connectivity index (χ2n) is 5.30. The highest BCUT2D eigenvalue weighted by molar-refractivity contribution is 9.10. The van der Waals surface area contributed by atoms with Crippen LogP contribution in [0, 0.1) is 13.8 Å². The van der Waals surface area contributed by atoms with Gasteiger partial charge in [0.05, 0.1) is 0 Å². The van der Waals surface area contributed by atoms with Gasteiger partial charge in [0.25, 0.3) is 0 Å². The Bertz CT molecular complexity index is 567. The minimum absolute atomic E-state index is 0.179. The van der Waals surface area contributed by atoms with Crippen LogP contribution in [-0.4, -0.2) is 6.04 Å². The van der Waals surface area contributed by atoms with Gasteiger partial charge in [-0.3, -0.25) is 0 Å². The van der Waals surface area contributed by atoms with Crippen molar-refractivity contribution >= 4 is 15.9 Å². The van der Waals surface area contributed by atoms with Gasteiger partial charge in [0.15, 0.2) is 0 Å². The monoisotopic (exact) mass is 333 g/mol. The standard InChI is InChI=1S/C17H20BrNO/c1-11-8-16(9-12(2)17(11)18)20-15-6-4-14(5-7-15)10-13(3)19/h4-9,13H,10,19H2,1-3H3. The van der Waals surface area contributed by atoms with E-state index in [0.29, 0.717) is 0 Å². The minimum Gasteiger partial charge on any atom is -0.457 e. The first-order chi connectivity index (χ1) is 9.45.